The van der Waals surface area contributed by atoms with Crippen LogP contribution in [0.25, 0.3) is 0 Å². The lowest BCUT2D eigenvalue weighted by molar-refractivity contribution is -0.391. The van der Waals surface area contributed by atoms with Crippen molar-refractivity contribution < 1.29 is 41.2 Å². The van der Waals surface area contributed by atoms with Crippen molar-refractivity contribution in [2.45, 2.75) is 25.1 Å². The molecule has 0 aromatic heterocycles. The molecule has 2 aromatic rings. The molecule has 0 N–H and O–H groups in total. The van der Waals surface area contributed by atoms with Crippen molar-refractivity contribution in [3.63, 3.8) is 0 Å². The van der Waals surface area contributed by atoms with E-state index in [1.54, 1.807) is 0 Å². The Morgan fingerprint density at radius 2 is 1.38 bits per heavy atom. The molecule has 0 spiro atoms. The van der Waals surface area contributed by atoms with Gasteiger partial charge < -0.3 is 23.7 Å². The number of hydrogen-bond donors (Lipinski definition) is 0. The minimum Gasteiger partial charge on any atom is -0.493 e. The van der Waals surface area contributed by atoms with Gasteiger partial charge in [0.05, 0.1) is 23.3 Å². The highest BCUT2D eigenvalue weighted by Gasteiger charge is 2.65. The number of unbranched alkanes of at least 4 members (excludes halogenated alkanes) is 1. The molecular weight excluding hydrogens is 550 g/mol. The third kappa shape index (κ3) is 6.81. The summed E-state index contributed by atoms with van der Waals surface area (Å²) in [6.07, 6.45) is -7.05. The Labute approximate surface area is 212 Å². The third-order valence-electron chi connectivity index (χ3n) is 4.24. The highest BCUT2D eigenvalue weighted by Crippen LogP contribution is 2.47. The minimum atomic E-state index is -4.79. The Bertz CT molecular complexity index is 1020. The zero-order valence-electron chi connectivity index (χ0n) is 17.1. The molecule has 0 radical (unpaired) electrons. The second-order valence-corrected chi connectivity index (χ2v) is 8.59. The van der Waals surface area contributed by atoms with Gasteiger partial charge in [-0.1, -0.05) is 46.4 Å². The Balaban J connectivity index is 1.43. The van der Waals surface area contributed by atoms with Crippen molar-refractivity contribution in [1.29, 1.82) is 0 Å². The maximum atomic E-state index is 13.3. The Morgan fingerprint density at radius 3 is 2.00 bits per heavy atom. The van der Waals surface area contributed by atoms with Crippen LogP contribution in [-0.4, -0.2) is 32.0 Å². The molecule has 5 nitrogen and oxygen atoms in total. The molecule has 0 aliphatic carbocycles. The SMILES string of the molecule is FC1(F)Oc2ccc(OCCCCOc3c(Cl)cc(OCC=C(Cl)Cl)cc3Cl)cc2OC1(F)F. The molecule has 2 aromatic carbocycles. The number of fused-ring (bicyclic) bond motifs is 1. The lowest BCUT2D eigenvalue weighted by Gasteiger charge is -2.31. The quantitative estimate of drug-likeness (QED) is 0.216. The summed E-state index contributed by atoms with van der Waals surface area (Å²) in [6, 6.07) is 6.48. The van der Waals surface area contributed by atoms with Crippen LogP contribution in [0, 0.1) is 0 Å². The van der Waals surface area contributed by atoms with Gasteiger partial charge in [-0.05, 0) is 31.1 Å². The second-order valence-electron chi connectivity index (χ2n) is 6.77. The van der Waals surface area contributed by atoms with Gasteiger partial charge in [-0.15, -0.1) is 0 Å². The molecule has 34 heavy (non-hydrogen) atoms. The Hall–Kier alpha value is -1.94. The van der Waals surface area contributed by atoms with Crippen molar-refractivity contribution in [1.82, 2.24) is 0 Å². The molecule has 3 rings (SSSR count). The fourth-order valence-corrected chi connectivity index (χ4v) is 3.37. The summed E-state index contributed by atoms with van der Waals surface area (Å²) in [5, 5.41) is 0.497. The molecule has 1 aliphatic heterocycles. The van der Waals surface area contributed by atoms with E-state index in [9.17, 15) is 17.6 Å². The summed E-state index contributed by atoms with van der Waals surface area (Å²) in [6.45, 7) is 0.587. The maximum Gasteiger partial charge on any atom is 0.507 e. The maximum absolute atomic E-state index is 13.3. The molecule has 0 saturated heterocycles. The van der Waals surface area contributed by atoms with Crippen LogP contribution < -0.4 is 23.7 Å². The summed E-state index contributed by atoms with van der Waals surface area (Å²) < 4.78 is 77.6. The van der Waals surface area contributed by atoms with E-state index < -0.39 is 23.7 Å². The predicted molar refractivity (Wildman–Crippen MR) is 120 cm³/mol. The van der Waals surface area contributed by atoms with Crippen LogP contribution in [0.5, 0.6) is 28.7 Å². The smallest absolute Gasteiger partial charge is 0.493 e. The first-order valence-corrected chi connectivity index (χ1v) is 11.2. The Kier molecular flexibility index (Phi) is 8.78. The highest BCUT2D eigenvalue weighted by molar-refractivity contribution is 6.55. The molecule has 0 fully saturated rings. The largest absolute Gasteiger partial charge is 0.507 e. The van der Waals surface area contributed by atoms with Gasteiger partial charge in [-0.3, -0.25) is 0 Å². The van der Waals surface area contributed by atoms with Crippen LogP contribution in [0.1, 0.15) is 12.8 Å². The number of ether oxygens (including phenoxy) is 5. The lowest BCUT2D eigenvalue weighted by atomic mass is 10.2. The second kappa shape index (κ2) is 11.2. The summed E-state index contributed by atoms with van der Waals surface area (Å²) >= 11 is 23.4. The average molecular weight is 566 g/mol. The third-order valence-corrected chi connectivity index (χ3v) is 5.11. The molecule has 0 bridgehead atoms. The fraction of sp³-hybridized carbons (Fsp3) is 0.333. The summed E-state index contributed by atoms with van der Waals surface area (Å²) in [4.78, 5) is 0. The van der Waals surface area contributed by atoms with E-state index in [1.165, 1.54) is 24.3 Å². The van der Waals surface area contributed by atoms with Crippen LogP contribution in [0.3, 0.4) is 0 Å². The molecule has 1 aliphatic rings. The van der Waals surface area contributed by atoms with Crippen molar-refractivity contribution in [3.05, 3.63) is 50.9 Å². The van der Waals surface area contributed by atoms with Crippen molar-refractivity contribution >= 4 is 46.4 Å². The first-order valence-electron chi connectivity index (χ1n) is 9.65. The summed E-state index contributed by atoms with van der Waals surface area (Å²) in [7, 11) is 0. The molecule has 0 atom stereocenters. The topological polar surface area (TPSA) is 46.2 Å². The standard InChI is InChI=1S/C21H16Cl4F4O5/c22-14-9-13(31-8-5-18(24)25)10-15(23)19(14)32-7-2-1-6-30-12-3-4-16-17(11-12)34-21(28,29)20(26,27)33-16/h3-5,9-11H,1-2,6-8H2. The number of alkyl halides is 4. The van der Waals surface area contributed by atoms with Crippen LogP contribution >= 0.6 is 46.4 Å². The first-order chi connectivity index (χ1) is 16.0. The van der Waals surface area contributed by atoms with E-state index in [4.69, 9.17) is 60.6 Å². The zero-order chi connectivity index (χ0) is 24.9. The summed E-state index contributed by atoms with van der Waals surface area (Å²) in [5.41, 5.74) is 0. The van der Waals surface area contributed by atoms with E-state index in [0.717, 1.165) is 12.1 Å². The number of halogens is 8. The lowest BCUT2D eigenvalue weighted by Crippen LogP contribution is -2.52. The average Bonchev–Trinajstić information content (AvgIpc) is 2.72. The van der Waals surface area contributed by atoms with Gasteiger partial charge in [0.1, 0.15) is 22.6 Å². The van der Waals surface area contributed by atoms with Crippen LogP contribution in [-0.2, 0) is 0 Å². The van der Waals surface area contributed by atoms with Gasteiger partial charge in [-0.2, -0.15) is 17.6 Å². The van der Waals surface area contributed by atoms with E-state index in [2.05, 4.69) is 9.47 Å². The summed E-state index contributed by atoms with van der Waals surface area (Å²) in [5.74, 6) is -0.220. The van der Waals surface area contributed by atoms with Crippen LogP contribution in [0.2, 0.25) is 10.0 Å². The molecule has 1 heterocycles. The van der Waals surface area contributed by atoms with Gasteiger partial charge in [0.2, 0.25) is 0 Å². The van der Waals surface area contributed by atoms with Crippen LogP contribution in [0.15, 0.2) is 40.9 Å². The van der Waals surface area contributed by atoms with Crippen LogP contribution in [0.4, 0.5) is 17.6 Å². The van der Waals surface area contributed by atoms with Gasteiger partial charge in [-0.25, -0.2) is 0 Å². The zero-order valence-corrected chi connectivity index (χ0v) is 20.1. The number of benzene rings is 2. The first kappa shape index (κ1) is 26.7. The monoisotopic (exact) mass is 564 g/mol. The van der Waals surface area contributed by atoms with E-state index >= 15 is 0 Å². The molecule has 186 valence electrons. The van der Waals surface area contributed by atoms with Gasteiger partial charge in [0, 0.05) is 18.2 Å². The number of rotatable bonds is 10. The molecule has 13 heteroatoms. The number of hydrogen-bond acceptors (Lipinski definition) is 5. The van der Waals surface area contributed by atoms with Gasteiger partial charge in [0.25, 0.3) is 0 Å². The highest BCUT2D eigenvalue weighted by atomic mass is 35.5. The molecular formula is C21H16Cl4F4O5. The van der Waals surface area contributed by atoms with Crippen molar-refractivity contribution in [2.24, 2.45) is 0 Å². The van der Waals surface area contributed by atoms with Crippen molar-refractivity contribution in [2.75, 3.05) is 19.8 Å². The van der Waals surface area contributed by atoms with Gasteiger partial charge in [0.15, 0.2) is 17.2 Å². The van der Waals surface area contributed by atoms with Crippen molar-refractivity contribution in [3.8, 4) is 28.7 Å². The molecule has 0 saturated carbocycles. The molecule has 0 unspecified atom stereocenters. The molecule has 0 amide bonds. The van der Waals surface area contributed by atoms with Gasteiger partial charge >= 0.3 is 12.2 Å². The van der Waals surface area contributed by atoms with E-state index in [-0.39, 0.29) is 45.9 Å². The van der Waals surface area contributed by atoms with E-state index in [1.807, 2.05) is 0 Å². The predicted octanol–water partition coefficient (Wildman–Crippen LogP) is 7.89. The Morgan fingerprint density at radius 1 is 0.794 bits per heavy atom. The van der Waals surface area contributed by atoms with E-state index in [0.29, 0.717) is 18.6 Å². The minimum absolute atomic E-state index is 0.0707. The normalized spacial score (nSPS) is 15.4. The fourth-order valence-electron chi connectivity index (χ4n) is 2.66.